The fraction of sp³-hybridized carbons (Fsp3) is 0.350. The number of ether oxygens (including phenoxy) is 3. The van der Waals surface area contributed by atoms with Crippen molar-refractivity contribution in [3.8, 4) is 11.5 Å². The Labute approximate surface area is 156 Å². The molecule has 2 aromatic rings. The van der Waals surface area contributed by atoms with Crippen LogP contribution in [0.5, 0.6) is 11.5 Å². The van der Waals surface area contributed by atoms with Gasteiger partial charge in [-0.2, -0.15) is 0 Å². The Hall–Kier alpha value is -2.64. The summed E-state index contributed by atoms with van der Waals surface area (Å²) in [5, 5.41) is 2.97. The van der Waals surface area contributed by atoms with Gasteiger partial charge in [0.2, 0.25) is 6.79 Å². The topological polar surface area (TPSA) is 60.0 Å². The average molecular weight is 372 g/mol. The minimum atomic E-state index is -0.363. The predicted octanol–water partition coefficient (Wildman–Crippen LogP) is 2.36. The van der Waals surface area contributed by atoms with Crippen LogP contribution in [0, 0.1) is 5.82 Å². The van der Waals surface area contributed by atoms with Gasteiger partial charge in [0, 0.05) is 25.2 Å². The SMILES string of the molecule is O=C(NCC(c1ccc2c(c1)OCO2)N1CCOCC1)c1ccc(F)cc1. The molecule has 142 valence electrons. The molecule has 0 spiro atoms. The summed E-state index contributed by atoms with van der Waals surface area (Å²) >= 11 is 0. The second-order valence-electron chi connectivity index (χ2n) is 6.49. The first-order valence-electron chi connectivity index (χ1n) is 8.96. The van der Waals surface area contributed by atoms with Gasteiger partial charge in [0.1, 0.15) is 5.82 Å². The van der Waals surface area contributed by atoms with Crippen LogP contribution in [0.1, 0.15) is 22.0 Å². The lowest BCUT2D eigenvalue weighted by Crippen LogP contribution is -2.43. The molecule has 2 aliphatic heterocycles. The molecule has 2 heterocycles. The van der Waals surface area contributed by atoms with Crippen molar-refractivity contribution >= 4 is 5.91 Å². The molecule has 0 aromatic heterocycles. The van der Waals surface area contributed by atoms with Crippen LogP contribution in [0.15, 0.2) is 42.5 Å². The number of nitrogens with one attached hydrogen (secondary N) is 1. The van der Waals surface area contributed by atoms with Gasteiger partial charge < -0.3 is 19.5 Å². The van der Waals surface area contributed by atoms with Crippen molar-refractivity contribution in [1.82, 2.24) is 10.2 Å². The van der Waals surface area contributed by atoms with Crippen LogP contribution in [-0.4, -0.2) is 50.4 Å². The van der Waals surface area contributed by atoms with Crippen LogP contribution in [0.25, 0.3) is 0 Å². The van der Waals surface area contributed by atoms with E-state index in [-0.39, 0.29) is 24.6 Å². The number of fused-ring (bicyclic) bond motifs is 1. The number of nitrogens with zero attached hydrogens (tertiary/aromatic N) is 1. The Balaban J connectivity index is 1.51. The molecule has 7 heteroatoms. The normalized spacial score (nSPS) is 17.5. The highest BCUT2D eigenvalue weighted by molar-refractivity contribution is 5.94. The van der Waals surface area contributed by atoms with Gasteiger partial charge in [0.05, 0.1) is 19.3 Å². The third kappa shape index (κ3) is 4.04. The van der Waals surface area contributed by atoms with Gasteiger partial charge in [-0.1, -0.05) is 6.07 Å². The van der Waals surface area contributed by atoms with Gasteiger partial charge >= 0.3 is 0 Å². The zero-order valence-electron chi connectivity index (χ0n) is 14.8. The first-order valence-corrected chi connectivity index (χ1v) is 8.96. The van der Waals surface area contributed by atoms with Crippen LogP contribution in [0.2, 0.25) is 0 Å². The number of hydrogen-bond acceptors (Lipinski definition) is 5. The zero-order chi connectivity index (χ0) is 18.6. The monoisotopic (exact) mass is 372 g/mol. The first-order chi connectivity index (χ1) is 13.2. The Kier molecular flexibility index (Phi) is 5.22. The minimum Gasteiger partial charge on any atom is -0.454 e. The van der Waals surface area contributed by atoms with Gasteiger partial charge in [-0.3, -0.25) is 9.69 Å². The maximum absolute atomic E-state index is 13.1. The summed E-state index contributed by atoms with van der Waals surface area (Å²) in [7, 11) is 0. The molecule has 0 aliphatic carbocycles. The standard InChI is InChI=1S/C20H21FN2O4/c21-16-4-1-14(2-5-16)20(24)22-12-17(23-7-9-25-10-8-23)15-3-6-18-19(11-15)27-13-26-18/h1-6,11,17H,7-10,12-13H2,(H,22,24). The van der Waals surface area contributed by atoms with Crippen molar-refractivity contribution in [2.75, 3.05) is 39.6 Å². The zero-order valence-corrected chi connectivity index (χ0v) is 14.8. The highest BCUT2D eigenvalue weighted by Gasteiger charge is 2.25. The van der Waals surface area contributed by atoms with E-state index in [1.807, 2.05) is 18.2 Å². The lowest BCUT2D eigenvalue weighted by atomic mass is 10.0. The van der Waals surface area contributed by atoms with E-state index in [0.29, 0.717) is 25.3 Å². The number of halogens is 1. The minimum absolute atomic E-state index is 0.0206. The van der Waals surface area contributed by atoms with Crippen molar-refractivity contribution in [1.29, 1.82) is 0 Å². The van der Waals surface area contributed by atoms with Crippen LogP contribution in [-0.2, 0) is 4.74 Å². The van der Waals surface area contributed by atoms with Crippen molar-refractivity contribution in [2.45, 2.75) is 6.04 Å². The molecule has 1 atom stereocenters. The summed E-state index contributed by atoms with van der Waals surface area (Å²) in [6, 6.07) is 11.4. The fourth-order valence-corrected chi connectivity index (χ4v) is 3.36. The van der Waals surface area contributed by atoms with Crippen molar-refractivity contribution in [2.24, 2.45) is 0 Å². The van der Waals surface area contributed by atoms with Crippen LogP contribution in [0.4, 0.5) is 4.39 Å². The fourth-order valence-electron chi connectivity index (χ4n) is 3.36. The van der Waals surface area contributed by atoms with Crippen LogP contribution < -0.4 is 14.8 Å². The van der Waals surface area contributed by atoms with E-state index in [4.69, 9.17) is 14.2 Å². The largest absolute Gasteiger partial charge is 0.454 e. The maximum atomic E-state index is 13.1. The third-order valence-electron chi connectivity index (χ3n) is 4.83. The lowest BCUT2D eigenvalue weighted by Gasteiger charge is -2.35. The number of benzene rings is 2. The number of hydrogen-bond donors (Lipinski definition) is 1. The molecule has 2 aromatic carbocycles. The molecule has 0 radical (unpaired) electrons. The summed E-state index contributed by atoms with van der Waals surface area (Å²) in [5.41, 5.74) is 1.48. The molecule has 4 rings (SSSR count). The Morgan fingerprint density at radius 1 is 1.07 bits per heavy atom. The second kappa shape index (κ2) is 7.94. The number of carbonyl (C=O) groups is 1. The number of rotatable bonds is 5. The van der Waals surface area contributed by atoms with Gasteiger partial charge in [-0.05, 0) is 42.0 Å². The van der Waals surface area contributed by atoms with Crippen LogP contribution >= 0.6 is 0 Å². The van der Waals surface area contributed by atoms with Crippen molar-refractivity contribution in [3.05, 3.63) is 59.4 Å². The molecule has 1 unspecified atom stereocenters. The Morgan fingerprint density at radius 2 is 1.81 bits per heavy atom. The van der Waals surface area contributed by atoms with Crippen molar-refractivity contribution < 1.29 is 23.4 Å². The molecule has 1 amide bonds. The summed E-state index contributed by atoms with van der Waals surface area (Å²) < 4.78 is 29.4. The molecule has 0 saturated carbocycles. The molecule has 27 heavy (non-hydrogen) atoms. The molecular formula is C20H21FN2O4. The van der Waals surface area contributed by atoms with Gasteiger partial charge in [-0.15, -0.1) is 0 Å². The van der Waals surface area contributed by atoms with Crippen molar-refractivity contribution in [3.63, 3.8) is 0 Å². The van der Waals surface area contributed by atoms with Gasteiger partial charge in [0.15, 0.2) is 11.5 Å². The Morgan fingerprint density at radius 3 is 2.59 bits per heavy atom. The molecule has 6 nitrogen and oxygen atoms in total. The van der Waals surface area contributed by atoms with Crippen LogP contribution in [0.3, 0.4) is 0 Å². The van der Waals surface area contributed by atoms with E-state index >= 15 is 0 Å². The highest BCUT2D eigenvalue weighted by Crippen LogP contribution is 2.35. The van der Waals surface area contributed by atoms with Gasteiger partial charge in [0.25, 0.3) is 5.91 Å². The van der Waals surface area contributed by atoms with E-state index in [0.717, 1.165) is 30.2 Å². The third-order valence-corrected chi connectivity index (χ3v) is 4.83. The lowest BCUT2D eigenvalue weighted by molar-refractivity contribution is 0.0162. The summed E-state index contributed by atoms with van der Waals surface area (Å²) in [6.45, 7) is 3.54. The molecular weight excluding hydrogens is 351 g/mol. The Bertz CT molecular complexity index is 806. The van der Waals surface area contributed by atoms with E-state index in [1.54, 1.807) is 0 Å². The summed E-state index contributed by atoms with van der Waals surface area (Å²) in [4.78, 5) is 14.7. The van der Waals surface area contributed by atoms with E-state index in [9.17, 15) is 9.18 Å². The highest BCUT2D eigenvalue weighted by atomic mass is 19.1. The first kappa shape index (κ1) is 17.8. The predicted molar refractivity (Wildman–Crippen MR) is 96.4 cm³/mol. The smallest absolute Gasteiger partial charge is 0.251 e. The molecule has 0 bridgehead atoms. The summed E-state index contributed by atoms with van der Waals surface area (Å²) in [6.07, 6.45) is 0. The number of carbonyl (C=O) groups excluding carboxylic acids is 1. The molecule has 2 aliphatic rings. The van der Waals surface area contributed by atoms with E-state index in [1.165, 1.54) is 24.3 Å². The number of amides is 1. The molecule has 1 saturated heterocycles. The average Bonchev–Trinajstić information content (AvgIpc) is 3.17. The summed E-state index contributed by atoms with van der Waals surface area (Å²) in [5.74, 6) is 0.859. The quantitative estimate of drug-likeness (QED) is 0.873. The second-order valence-corrected chi connectivity index (χ2v) is 6.49. The van der Waals surface area contributed by atoms with E-state index in [2.05, 4.69) is 10.2 Å². The number of morpholine rings is 1. The van der Waals surface area contributed by atoms with Gasteiger partial charge in [-0.25, -0.2) is 4.39 Å². The maximum Gasteiger partial charge on any atom is 0.251 e. The molecule has 1 N–H and O–H groups in total. The van der Waals surface area contributed by atoms with E-state index < -0.39 is 0 Å². The molecule has 1 fully saturated rings.